The normalized spacial score (nSPS) is 11.6. The lowest BCUT2D eigenvalue weighted by Gasteiger charge is -2.08. The minimum absolute atomic E-state index is 0.128. The Morgan fingerprint density at radius 3 is 2.68 bits per heavy atom. The first kappa shape index (κ1) is 21.0. The summed E-state index contributed by atoms with van der Waals surface area (Å²) >= 11 is 5.69. The Morgan fingerprint density at radius 1 is 1.46 bits per heavy atom. The highest BCUT2D eigenvalue weighted by atomic mass is 35.5. The van der Waals surface area contributed by atoms with Gasteiger partial charge in [0.2, 0.25) is 5.75 Å². The maximum atomic E-state index is 13.0. The van der Waals surface area contributed by atoms with Crippen LogP contribution in [0, 0.1) is 10.1 Å². The minimum atomic E-state index is -4.76. The number of carbonyl (C=O) groups is 1. The fraction of sp³-hybridized carbons (Fsp3) is 0.200. The third-order valence-corrected chi connectivity index (χ3v) is 3.51. The number of rotatable bonds is 7. The van der Waals surface area contributed by atoms with Crippen LogP contribution in [0.25, 0.3) is 0 Å². The van der Waals surface area contributed by atoms with Gasteiger partial charge in [-0.15, -0.1) is 5.10 Å². The molecule has 0 aliphatic heterocycles. The second-order valence-electron chi connectivity index (χ2n) is 5.13. The van der Waals surface area contributed by atoms with E-state index >= 15 is 0 Å². The van der Waals surface area contributed by atoms with Crippen molar-refractivity contribution in [1.82, 2.24) is 9.78 Å². The molecule has 13 heteroatoms. The van der Waals surface area contributed by atoms with Crippen LogP contribution in [0.5, 0.6) is 17.4 Å². The van der Waals surface area contributed by atoms with Gasteiger partial charge in [-0.1, -0.05) is 11.6 Å². The molecule has 0 unspecified atom stereocenters. The highest BCUT2D eigenvalue weighted by molar-refractivity contribution is 6.32. The van der Waals surface area contributed by atoms with E-state index in [1.54, 1.807) is 0 Å². The SMILES string of the molecule is Cn1nc(Oc2ccc([N+](=O)[O-])c(OCC=CC(=O)O)c2)c(Cl)c1C(F)(F)F. The Morgan fingerprint density at radius 2 is 2.14 bits per heavy atom. The predicted molar refractivity (Wildman–Crippen MR) is 88.7 cm³/mol. The molecule has 1 aromatic carbocycles. The van der Waals surface area contributed by atoms with Crippen LogP contribution in [0.3, 0.4) is 0 Å². The second-order valence-corrected chi connectivity index (χ2v) is 5.51. The van der Waals surface area contributed by atoms with E-state index in [-0.39, 0.29) is 18.1 Å². The molecule has 1 aromatic heterocycles. The van der Waals surface area contributed by atoms with Gasteiger partial charge in [-0.05, 0) is 12.1 Å². The van der Waals surface area contributed by atoms with Crippen molar-refractivity contribution in [1.29, 1.82) is 0 Å². The third kappa shape index (κ3) is 4.91. The number of carboxylic acid groups (broad SMARTS) is 1. The second kappa shape index (κ2) is 8.17. The molecule has 0 atom stereocenters. The summed E-state index contributed by atoms with van der Waals surface area (Å²) in [5, 5.41) is 22.3. The van der Waals surface area contributed by atoms with Gasteiger partial charge in [0, 0.05) is 25.3 Å². The minimum Gasteiger partial charge on any atom is -0.482 e. The number of nitro groups is 1. The summed E-state index contributed by atoms with van der Waals surface area (Å²) in [4.78, 5) is 20.7. The summed E-state index contributed by atoms with van der Waals surface area (Å²) in [5.41, 5.74) is -1.68. The van der Waals surface area contributed by atoms with Crippen LogP contribution in [0.4, 0.5) is 18.9 Å². The Hall–Kier alpha value is -3.28. The molecule has 2 rings (SSSR count). The zero-order chi connectivity index (χ0) is 21.1. The van der Waals surface area contributed by atoms with E-state index in [2.05, 4.69) is 5.10 Å². The Balaban J connectivity index is 2.31. The number of aliphatic carboxylic acids is 1. The molecule has 0 fully saturated rings. The topological polar surface area (TPSA) is 117 Å². The van der Waals surface area contributed by atoms with Crippen molar-refractivity contribution >= 4 is 23.3 Å². The number of aryl methyl sites for hydroxylation is 1. The van der Waals surface area contributed by atoms with Crippen LogP contribution < -0.4 is 9.47 Å². The fourth-order valence-corrected chi connectivity index (χ4v) is 2.38. The zero-order valence-electron chi connectivity index (χ0n) is 13.9. The van der Waals surface area contributed by atoms with Crippen molar-refractivity contribution < 1.29 is 37.5 Å². The smallest absolute Gasteiger partial charge is 0.434 e. The van der Waals surface area contributed by atoms with Gasteiger partial charge >= 0.3 is 17.8 Å². The van der Waals surface area contributed by atoms with Gasteiger partial charge in [0.1, 0.15) is 17.4 Å². The number of ether oxygens (including phenoxy) is 2. The van der Waals surface area contributed by atoms with Crippen LogP contribution >= 0.6 is 11.6 Å². The molecule has 0 aliphatic rings. The molecule has 0 amide bonds. The van der Waals surface area contributed by atoms with E-state index in [0.717, 1.165) is 37.4 Å². The molecule has 1 heterocycles. The van der Waals surface area contributed by atoms with E-state index in [9.17, 15) is 28.1 Å². The largest absolute Gasteiger partial charge is 0.482 e. The lowest BCUT2D eigenvalue weighted by Crippen LogP contribution is -2.12. The van der Waals surface area contributed by atoms with Crippen molar-refractivity contribution in [2.45, 2.75) is 6.18 Å². The monoisotopic (exact) mass is 421 g/mol. The first-order valence-electron chi connectivity index (χ1n) is 7.29. The van der Waals surface area contributed by atoms with Gasteiger partial charge in [0.25, 0.3) is 5.88 Å². The number of nitro benzene ring substituents is 1. The van der Waals surface area contributed by atoms with Crippen LogP contribution in [-0.2, 0) is 18.0 Å². The number of halogens is 4. The van der Waals surface area contributed by atoms with Crippen LogP contribution in [0.15, 0.2) is 30.4 Å². The molecule has 150 valence electrons. The predicted octanol–water partition coefficient (Wildman–Crippen LogP) is 3.81. The summed E-state index contributed by atoms with van der Waals surface area (Å²) in [6, 6.07) is 3.18. The van der Waals surface area contributed by atoms with Gasteiger partial charge < -0.3 is 14.6 Å². The van der Waals surface area contributed by atoms with Gasteiger partial charge in [0.05, 0.1) is 4.92 Å². The number of alkyl halides is 3. The lowest BCUT2D eigenvalue weighted by molar-refractivity contribution is -0.385. The quantitative estimate of drug-likeness (QED) is 0.410. The van der Waals surface area contributed by atoms with Crippen molar-refractivity contribution in [3.8, 4) is 17.4 Å². The molecule has 1 N–H and O–H groups in total. The third-order valence-electron chi connectivity index (χ3n) is 3.17. The number of nitrogens with zero attached hydrogens (tertiary/aromatic N) is 3. The Labute approximate surface area is 159 Å². The Bertz CT molecular complexity index is 942. The van der Waals surface area contributed by atoms with Crippen molar-refractivity contribution in [2.75, 3.05) is 6.61 Å². The first-order valence-corrected chi connectivity index (χ1v) is 7.66. The van der Waals surface area contributed by atoms with Gasteiger partial charge in [0.15, 0.2) is 5.69 Å². The zero-order valence-corrected chi connectivity index (χ0v) is 14.7. The molecule has 28 heavy (non-hydrogen) atoms. The molecule has 2 aromatic rings. The Kier molecular flexibility index (Phi) is 6.13. The van der Waals surface area contributed by atoms with Crippen molar-refractivity contribution in [3.05, 3.63) is 51.2 Å². The van der Waals surface area contributed by atoms with Crippen molar-refractivity contribution in [2.24, 2.45) is 7.05 Å². The molecule has 9 nitrogen and oxygen atoms in total. The summed E-state index contributed by atoms with van der Waals surface area (Å²) < 4.78 is 49.7. The summed E-state index contributed by atoms with van der Waals surface area (Å²) in [6.45, 7) is -0.306. The number of hydrogen-bond donors (Lipinski definition) is 1. The summed E-state index contributed by atoms with van der Waals surface area (Å²) in [7, 11) is 1.03. The number of benzene rings is 1. The molecular weight excluding hydrogens is 411 g/mol. The molecular formula is C15H11ClF3N3O6. The van der Waals surface area contributed by atoms with Gasteiger partial charge in [-0.3, -0.25) is 14.8 Å². The van der Waals surface area contributed by atoms with Gasteiger partial charge in [-0.25, -0.2) is 4.79 Å². The molecule has 0 bridgehead atoms. The molecule has 0 saturated heterocycles. The molecule has 0 radical (unpaired) electrons. The maximum Gasteiger partial charge on any atom is 0.434 e. The highest BCUT2D eigenvalue weighted by Gasteiger charge is 2.39. The van der Waals surface area contributed by atoms with E-state index in [1.807, 2.05) is 0 Å². The average Bonchev–Trinajstić information content (AvgIpc) is 2.85. The standard InChI is InChI=1S/C15H11ClF3N3O6/c1-21-13(15(17,18)19)12(16)14(20-21)28-8-4-5-9(22(25)26)10(7-8)27-6-2-3-11(23)24/h2-5,7H,6H2,1H3,(H,23,24). The summed E-state index contributed by atoms with van der Waals surface area (Å²) in [6.07, 6.45) is -2.88. The highest BCUT2D eigenvalue weighted by Crippen LogP contribution is 2.41. The molecule has 0 aliphatic carbocycles. The maximum absolute atomic E-state index is 13.0. The molecule has 0 saturated carbocycles. The van der Waals surface area contributed by atoms with E-state index in [4.69, 9.17) is 26.2 Å². The average molecular weight is 422 g/mol. The first-order chi connectivity index (χ1) is 13.0. The van der Waals surface area contributed by atoms with Crippen molar-refractivity contribution in [3.63, 3.8) is 0 Å². The number of aromatic nitrogens is 2. The summed E-state index contributed by atoms with van der Waals surface area (Å²) in [5.74, 6) is -2.21. The lowest BCUT2D eigenvalue weighted by atomic mass is 10.3. The molecule has 0 spiro atoms. The fourth-order valence-electron chi connectivity index (χ4n) is 2.07. The van der Waals surface area contributed by atoms with Crippen LogP contribution in [0.2, 0.25) is 5.02 Å². The number of carboxylic acids is 1. The van der Waals surface area contributed by atoms with E-state index < -0.39 is 39.4 Å². The van der Waals surface area contributed by atoms with E-state index in [0.29, 0.717) is 4.68 Å². The van der Waals surface area contributed by atoms with Crippen LogP contribution in [0.1, 0.15) is 5.69 Å². The van der Waals surface area contributed by atoms with E-state index in [1.165, 1.54) is 0 Å². The van der Waals surface area contributed by atoms with Gasteiger partial charge in [-0.2, -0.15) is 13.2 Å². The van der Waals surface area contributed by atoms with Crippen LogP contribution in [-0.4, -0.2) is 32.4 Å². The number of hydrogen-bond acceptors (Lipinski definition) is 6.